The Morgan fingerprint density at radius 1 is 1.03 bits per heavy atom. The number of carbonyl (C=O) groups excluding carboxylic acids is 1. The minimum absolute atomic E-state index is 0.230. The maximum Gasteiger partial charge on any atom is 0.257 e. The van der Waals surface area contributed by atoms with Gasteiger partial charge < -0.3 is 5.32 Å². The predicted octanol–water partition coefficient (Wildman–Crippen LogP) is 3.65. The van der Waals surface area contributed by atoms with Gasteiger partial charge in [-0.25, -0.2) is 14.2 Å². The molecule has 1 aromatic carbocycles. The summed E-state index contributed by atoms with van der Waals surface area (Å²) in [6.45, 7) is 9.11. The van der Waals surface area contributed by atoms with Crippen molar-refractivity contribution >= 4 is 11.6 Å². The molecule has 0 fully saturated rings. The van der Waals surface area contributed by atoms with Crippen molar-refractivity contribution in [1.29, 1.82) is 0 Å². The van der Waals surface area contributed by atoms with Crippen LogP contribution < -0.4 is 5.32 Å². The number of hydrogen-bond acceptors (Lipinski definition) is 5. The summed E-state index contributed by atoms with van der Waals surface area (Å²) in [5.74, 6) is -0.230. The number of aromatic nitrogens is 7. The van der Waals surface area contributed by atoms with Crippen molar-refractivity contribution in [2.24, 2.45) is 0 Å². The molecule has 0 saturated heterocycles. The Morgan fingerprint density at radius 3 is 2.56 bits per heavy atom. The Hall–Kier alpha value is -4.27. The van der Waals surface area contributed by atoms with Gasteiger partial charge in [0.05, 0.1) is 29.0 Å². The van der Waals surface area contributed by atoms with Crippen molar-refractivity contribution < 1.29 is 4.79 Å². The molecule has 0 spiro atoms. The number of hydrogen-bond donors (Lipinski definition) is 1. The van der Waals surface area contributed by atoms with E-state index in [2.05, 4.69) is 25.6 Å². The summed E-state index contributed by atoms with van der Waals surface area (Å²) in [6, 6.07) is 11.8. The number of rotatable bonds is 6. The van der Waals surface area contributed by atoms with Gasteiger partial charge in [0, 0.05) is 42.3 Å². The molecule has 0 radical (unpaired) electrons. The van der Waals surface area contributed by atoms with Crippen LogP contribution in [-0.2, 0) is 13.1 Å². The van der Waals surface area contributed by atoms with Gasteiger partial charge in [-0.3, -0.25) is 9.48 Å². The lowest BCUT2D eigenvalue weighted by molar-refractivity contribution is 0.0952. The molecule has 0 bridgehead atoms. The monoisotopic (exact) mass is 454 g/mol. The zero-order valence-electron chi connectivity index (χ0n) is 19.6. The van der Waals surface area contributed by atoms with Gasteiger partial charge in [0.2, 0.25) is 0 Å². The number of benzene rings is 1. The molecule has 5 rings (SSSR count). The first kappa shape index (κ1) is 21.6. The third kappa shape index (κ3) is 3.64. The molecule has 0 aliphatic heterocycles. The molecule has 0 aliphatic rings. The van der Waals surface area contributed by atoms with E-state index in [1.807, 2.05) is 79.7 Å². The first-order valence-electron chi connectivity index (χ1n) is 11.2. The summed E-state index contributed by atoms with van der Waals surface area (Å²) in [7, 11) is 0. The Kier molecular flexibility index (Phi) is 5.45. The first-order chi connectivity index (χ1) is 16.5. The predicted molar refractivity (Wildman–Crippen MR) is 129 cm³/mol. The molecule has 0 atom stereocenters. The molecule has 9 nitrogen and oxygen atoms in total. The number of amides is 1. The normalized spacial score (nSPS) is 11.3. The average molecular weight is 455 g/mol. The molecule has 1 N–H and O–H groups in total. The van der Waals surface area contributed by atoms with Crippen LogP contribution in [0.5, 0.6) is 0 Å². The Bertz CT molecular complexity index is 1490. The number of carbonyl (C=O) groups is 1. The van der Waals surface area contributed by atoms with E-state index < -0.39 is 0 Å². The van der Waals surface area contributed by atoms with Gasteiger partial charge in [-0.1, -0.05) is 18.2 Å². The summed E-state index contributed by atoms with van der Waals surface area (Å²) < 4.78 is 5.48. The molecule has 0 unspecified atom stereocenters. The highest BCUT2D eigenvalue weighted by Crippen LogP contribution is 2.24. The molecule has 172 valence electrons. The van der Waals surface area contributed by atoms with E-state index in [0.29, 0.717) is 17.8 Å². The second-order valence-electron chi connectivity index (χ2n) is 8.19. The Labute approximate surface area is 197 Å². The molecule has 0 aliphatic carbocycles. The fraction of sp³-hybridized carbons (Fsp3) is 0.240. The molecule has 0 saturated carbocycles. The molecule has 4 heterocycles. The van der Waals surface area contributed by atoms with Crippen LogP contribution in [0.3, 0.4) is 0 Å². The molecular formula is C25H26N8O. The lowest BCUT2D eigenvalue weighted by atomic mass is 10.2. The summed E-state index contributed by atoms with van der Waals surface area (Å²) in [6.07, 6.45) is 5.25. The number of nitrogens with zero attached hydrogens (tertiary/aromatic N) is 7. The third-order valence-electron chi connectivity index (χ3n) is 6.06. The van der Waals surface area contributed by atoms with Crippen molar-refractivity contribution in [3.8, 4) is 16.9 Å². The number of para-hydroxylation sites is 1. The van der Waals surface area contributed by atoms with Gasteiger partial charge >= 0.3 is 0 Å². The maximum atomic E-state index is 13.1. The minimum atomic E-state index is -0.230. The standard InChI is InChI=1S/C25H26N8O/c1-5-31-15-22(17(3)29-31)23-11-12-26-24-21(14-28-33(23)24)25(34)27-13-20-16(2)30-32(18(20)4)19-9-7-6-8-10-19/h6-12,14-15H,5,13H2,1-4H3,(H,27,34). The quantitative estimate of drug-likeness (QED) is 0.423. The van der Waals surface area contributed by atoms with Crippen molar-refractivity contribution in [3.63, 3.8) is 0 Å². The van der Waals surface area contributed by atoms with E-state index in [-0.39, 0.29) is 5.91 Å². The molecule has 5 aromatic rings. The van der Waals surface area contributed by atoms with E-state index in [0.717, 1.165) is 46.1 Å². The van der Waals surface area contributed by atoms with Crippen molar-refractivity contribution in [1.82, 2.24) is 39.5 Å². The van der Waals surface area contributed by atoms with E-state index in [1.54, 1.807) is 16.9 Å². The van der Waals surface area contributed by atoms with E-state index in [1.165, 1.54) is 0 Å². The number of aryl methyl sites for hydroxylation is 3. The maximum absolute atomic E-state index is 13.1. The topological polar surface area (TPSA) is 94.9 Å². The van der Waals surface area contributed by atoms with E-state index in [4.69, 9.17) is 0 Å². The number of fused-ring (bicyclic) bond motifs is 1. The van der Waals surface area contributed by atoms with Gasteiger partial charge in [0.25, 0.3) is 5.91 Å². The SMILES string of the molecule is CCn1cc(-c2ccnc3c(C(=O)NCc4c(C)nn(-c5ccccc5)c4C)cnn23)c(C)n1. The highest BCUT2D eigenvalue weighted by atomic mass is 16.1. The van der Waals surface area contributed by atoms with Gasteiger partial charge in [-0.05, 0) is 45.9 Å². The van der Waals surface area contributed by atoms with Crippen LogP contribution in [0.15, 0.2) is 55.0 Å². The van der Waals surface area contributed by atoms with Gasteiger partial charge in [-0.2, -0.15) is 15.3 Å². The smallest absolute Gasteiger partial charge is 0.257 e. The zero-order chi connectivity index (χ0) is 23.8. The number of nitrogens with one attached hydrogen (secondary N) is 1. The van der Waals surface area contributed by atoms with E-state index in [9.17, 15) is 4.79 Å². The fourth-order valence-corrected chi connectivity index (χ4v) is 4.20. The molecule has 34 heavy (non-hydrogen) atoms. The first-order valence-corrected chi connectivity index (χ1v) is 11.2. The average Bonchev–Trinajstić information content (AvgIpc) is 3.53. The van der Waals surface area contributed by atoms with Crippen LogP contribution in [0.1, 0.15) is 39.9 Å². The fourth-order valence-electron chi connectivity index (χ4n) is 4.20. The largest absolute Gasteiger partial charge is 0.348 e. The summed E-state index contributed by atoms with van der Waals surface area (Å²) in [4.78, 5) is 17.5. The van der Waals surface area contributed by atoms with Crippen LogP contribution in [0.25, 0.3) is 22.6 Å². The van der Waals surface area contributed by atoms with Gasteiger partial charge in [0.1, 0.15) is 5.56 Å². The summed E-state index contributed by atoms with van der Waals surface area (Å²) in [5.41, 5.74) is 7.49. The van der Waals surface area contributed by atoms with Crippen LogP contribution in [0, 0.1) is 20.8 Å². The van der Waals surface area contributed by atoms with E-state index >= 15 is 0 Å². The highest BCUT2D eigenvalue weighted by molar-refractivity contribution is 5.99. The van der Waals surface area contributed by atoms with Crippen LogP contribution in [0.2, 0.25) is 0 Å². The molecular weight excluding hydrogens is 428 g/mol. The second-order valence-corrected chi connectivity index (χ2v) is 8.19. The zero-order valence-corrected chi connectivity index (χ0v) is 19.6. The van der Waals surface area contributed by atoms with Crippen molar-refractivity contribution in [2.75, 3.05) is 0 Å². The second kappa shape index (κ2) is 8.58. The highest BCUT2D eigenvalue weighted by Gasteiger charge is 2.19. The van der Waals surface area contributed by atoms with Gasteiger partial charge in [-0.15, -0.1) is 0 Å². The Balaban J connectivity index is 1.41. The molecule has 9 heteroatoms. The van der Waals surface area contributed by atoms with Crippen LogP contribution >= 0.6 is 0 Å². The lowest BCUT2D eigenvalue weighted by Crippen LogP contribution is -2.23. The molecule has 4 aromatic heterocycles. The minimum Gasteiger partial charge on any atom is -0.348 e. The summed E-state index contributed by atoms with van der Waals surface area (Å²) in [5, 5.41) is 16.7. The molecule has 1 amide bonds. The summed E-state index contributed by atoms with van der Waals surface area (Å²) >= 11 is 0. The van der Waals surface area contributed by atoms with Crippen LogP contribution in [-0.4, -0.2) is 40.1 Å². The van der Waals surface area contributed by atoms with Gasteiger partial charge in [0.15, 0.2) is 5.65 Å². The van der Waals surface area contributed by atoms with Crippen molar-refractivity contribution in [3.05, 3.63) is 83.2 Å². The lowest BCUT2D eigenvalue weighted by Gasteiger charge is -2.07. The third-order valence-corrected chi connectivity index (χ3v) is 6.06. The van der Waals surface area contributed by atoms with Crippen LogP contribution in [0.4, 0.5) is 0 Å². The van der Waals surface area contributed by atoms with Crippen molar-refractivity contribution in [2.45, 2.75) is 40.8 Å². The Morgan fingerprint density at radius 2 is 1.82 bits per heavy atom.